The number of H-pyrrole nitrogens is 1. The van der Waals surface area contributed by atoms with E-state index in [0.717, 1.165) is 22.0 Å². The number of hydrogen-bond donors (Lipinski definition) is 3. The number of aryl methyl sites for hydroxylation is 1. The smallest absolute Gasteiger partial charge is 0.260 e. The quantitative estimate of drug-likeness (QED) is 0.438. The van der Waals surface area contributed by atoms with Crippen LogP contribution in [-0.4, -0.2) is 27.0 Å². The molecule has 0 unspecified atom stereocenters. The van der Waals surface area contributed by atoms with Gasteiger partial charge in [0.2, 0.25) is 0 Å². The molecule has 3 N–H and O–H groups in total. The number of rotatable bonds is 7. The summed E-state index contributed by atoms with van der Waals surface area (Å²) in [6.07, 6.45) is 1.93. The van der Waals surface area contributed by atoms with Gasteiger partial charge in [-0.1, -0.05) is 49.7 Å². The number of aromatic nitrogens is 1. The molecule has 0 spiro atoms. The lowest BCUT2D eigenvalue weighted by Gasteiger charge is -2.33. The van der Waals surface area contributed by atoms with Crippen LogP contribution in [0.15, 0.2) is 54.7 Å². The Morgan fingerprint density at radius 1 is 1.07 bits per heavy atom. The van der Waals surface area contributed by atoms with Gasteiger partial charge in [-0.25, -0.2) is 5.48 Å². The maximum Gasteiger partial charge on any atom is 0.260 e. The second kappa shape index (κ2) is 8.37. The van der Waals surface area contributed by atoms with Gasteiger partial charge in [-0.05, 0) is 47.6 Å². The lowest BCUT2D eigenvalue weighted by atomic mass is 9.99. The van der Waals surface area contributed by atoms with Gasteiger partial charge in [-0.3, -0.25) is 14.9 Å². The van der Waals surface area contributed by atoms with Crippen LogP contribution in [0.4, 0.5) is 0 Å². The number of hydrogen-bond acceptors (Lipinski definition) is 3. The summed E-state index contributed by atoms with van der Waals surface area (Å²) < 4.78 is 0. The molecule has 1 heterocycles. The first-order valence-corrected chi connectivity index (χ1v) is 9.27. The van der Waals surface area contributed by atoms with E-state index in [1.54, 1.807) is 0 Å². The molecule has 0 radical (unpaired) electrons. The van der Waals surface area contributed by atoms with E-state index in [0.29, 0.717) is 13.1 Å². The van der Waals surface area contributed by atoms with E-state index in [9.17, 15) is 10.0 Å². The Hall–Kier alpha value is -2.63. The Morgan fingerprint density at radius 2 is 1.74 bits per heavy atom. The SMILES string of the molecule is Cc1ccc(CN(Cc2ccc3[nH]ccc3c2)[C@@H](C(=O)NO)C(C)C)cc1. The van der Waals surface area contributed by atoms with Crippen molar-refractivity contribution in [3.05, 3.63) is 71.4 Å². The van der Waals surface area contributed by atoms with Crippen molar-refractivity contribution in [3.8, 4) is 0 Å². The molecule has 0 bridgehead atoms. The van der Waals surface area contributed by atoms with Crippen LogP contribution < -0.4 is 5.48 Å². The predicted octanol–water partition coefficient (Wildman–Crippen LogP) is 4.01. The maximum absolute atomic E-state index is 12.4. The molecule has 0 aliphatic heterocycles. The average Bonchev–Trinajstić information content (AvgIpc) is 3.11. The van der Waals surface area contributed by atoms with Crippen molar-refractivity contribution in [2.45, 2.75) is 39.9 Å². The van der Waals surface area contributed by atoms with Gasteiger partial charge in [-0.2, -0.15) is 0 Å². The van der Waals surface area contributed by atoms with Crippen LogP contribution in [-0.2, 0) is 17.9 Å². The molecule has 0 aliphatic rings. The van der Waals surface area contributed by atoms with Crippen molar-refractivity contribution in [3.63, 3.8) is 0 Å². The number of nitrogens with zero attached hydrogens (tertiary/aromatic N) is 1. The average molecular weight is 365 g/mol. The van der Waals surface area contributed by atoms with Crippen molar-refractivity contribution in [1.29, 1.82) is 0 Å². The maximum atomic E-state index is 12.4. The summed E-state index contributed by atoms with van der Waals surface area (Å²) in [7, 11) is 0. The molecule has 1 amide bonds. The zero-order valence-corrected chi connectivity index (χ0v) is 16.1. The summed E-state index contributed by atoms with van der Waals surface area (Å²) in [6, 6.07) is 16.2. The van der Waals surface area contributed by atoms with Crippen LogP contribution in [0.1, 0.15) is 30.5 Å². The molecule has 27 heavy (non-hydrogen) atoms. The van der Waals surface area contributed by atoms with Crippen LogP contribution in [0.5, 0.6) is 0 Å². The fourth-order valence-electron chi connectivity index (χ4n) is 3.57. The van der Waals surface area contributed by atoms with Gasteiger partial charge in [0.05, 0.1) is 6.04 Å². The highest BCUT2D eigenvalue weighted by Gasteiger charge is 2.29. The number of benzene rings is 2. The number of aromatic amines is 1. The summed E-state index contributed by atoms with van der Waals surface area (Å²) in [5.41, 5.74) is 6.42. The first-order valence-electron chi connectivity index (χ1n) is 9.27. The molecule has 0 saturated carbocycles. The highest BCUT2D eigenvalue weighted by molar-refractivity contribution is 5.81. The fraction of sp³-hybridized carbons (Fsp3) is 0.318. The Bertz CT molecular complexity index is 899. The third-order valence-electron chi connectivity index (χ3n) is 4.91. The van der Waals surface area contributed by atoms with Crippen molar-refractivity contribution < 1.29 is 10.0 Å². The number of nitrogens with one attached hydrogen (secondary N) is 2. The molecule has 3 aromatic rings. The Balaban J connectivity index is 1.91. The molecule has 5 nitrogen and oxygen atoms in total. The normalized spacial score (nSPS) is 12.7. The van der Waals surface area contributed by atoms with E-state index in [1.165, 1.54) is 5.56 Å². The van der Waals surface area contributed by atoms with Gasteiger partial charge in [0.15, 0.2) is 0 Å². The summed E-state index contributed by atoms with van der Waals surface area (Å²) >= 11 is 0. The van der Waals surface area contributed by atoms with E-state index in [1.807, 2.05) is 31.6 Å². The van der Waals surface area contributed by atoms with Crippen molar-refractivity contribution >= 4 is 16.8 Å². The third-order valence-corrected chi connectivity index (χ3v) is 4.91. The van der Waals surface area contributed by atoms with E-state index in [2.05, 4.69) is 59.3 Å². The second-order valence-corrected chi connectivity index (χ2v) is 7.45. The molecule has 0 aliphatic carbocycles. The molecule has 1 atom stereocenters. The van der Waals surface area contributed by atoms with Crippen LogP contribution in [0, 0.1) is 12.8 Å². The topological polar surface area (TPSA) is 68.4 Å². The monoisotopic (exact) mass is 365 g/mol. The minimum atomic E-state index is -0.432. The predicted molar refractivity (Wildman–Crippen MR) is 107 cm³/mol. The Morgan fingerprint density at radius 3 is 2.41 bits per heavy atom. The second-order valence-electron chi connectivity index (χ2n) is 7.45. The van der Waals surface area contributed by atoms with E-state index < -0.39 is 6.04 Å². The standard InChI is InChI=1S/C22H27N3O2/c1-15(2)21(22(26)24-27)25(13-17-6-4-16(3)5-7-17)14-18-8-9-20-19(12-18)10-11-23-20/h4-12,15,21,23,27H,13-14H2,1-3H3,(H,24,26)/t21-/m1/s1. The summed E-state index contributed by atoms with van der Waals surface area (Å²) in [5, 5.41) is 10.4. The lowest BCUT2D eigenvalue weighted by molar-refractivity contribution is -0.137. The fourth-order valence-corrected chi connectivity index (χ4v) is 3.57. The molecule has 142 valence electrons. The third kappa shape index (κ3) is 4.56. The van der Waals surface area contributed by atoms with E-state index in [-0.39, 0.29) is 11.8 Å². The van der Waals surface area contributed by atoms with Crippen molar-refractivity contribution in [2.24, 2.45) is 5.92 Å². The highest BCUT2D eigenvalue weighted by Crippen LogP contribution is 2.21. The largest absolute Gasteiger partial charge is 0.361 e. The molecule has 5 heteroatoms. The molecule has 1 aromatic heterocycles. The number of amides is 1. The number of fused-ring (bicyclic) bond motifs is 1. The molecule has 2 aromatic carbocycles. The molecule has 0 saturated heterocycles. The molecular weight excluding hydrogens is 338 g/mol. The molecule has 0 fully saturated rings. The number of carbonyl (C=O) groups is 1. The van der Waals surface area contributed by atoms with E-state index >= 15 is 0 Å². The van der Waals surface area contributed by atoms with Crippen LogP contribution in [0.2, 0.25) is 0 Å². The lowest BCUT2D eigenvalue weighted by Crippen LogP contribution is -2.48. The van der Waals surface area contributed by atoms with Crippen molar-refractivity contribution in [2.75, 3.05) is 0 Å². The van der Waals surface area contributed by atoms with Crippen LogP contribution in [0.25, 0.3) is 10.9 Å². The Kier molecular flexibility index (Phi) is 5.94. The van der Waals surface area contributed by atoms with Gasteiger partial charge in [0.25, 0.3) is 5.91 Å². The highest BCUT2D eigenvalue weighted by atomic mass is 16.5. The number of hydroxylamine groups is 1. The number of carbonyl (C=O) groups excluding carboxylic acids is 1. The first kappa shape index (κ1) is 19.1. The zero-order chi connectivity index (χ0) is 19.4. The summed E-state index contributed by atoms with van der Waals surface area (Å²) in [4.78, 5) is 17.7. The van der Waals surface area contributed by atoms with Gasteiger partial charge < -0.3 is 4.98 Å². The Labute approximate surface area is 160 Å². The summed E-state index contributed by atoms with van der Waals surface area (Å²) in [6.45, 7) is 7.30. The molecular formula is C22H27N3O2. The zero-order valence-electron chi connectivity index (χ0n) is 16.1. The minimum absolute atomic E-state index is 0.0542. The van der Waals surface area contributed by atoms with Crippen LogP contribution in [0.3, 0.4) is 0 Å². The van der Waals surface area contributed by atoms with Gasteiger partial charge in [0.1, 0.15) is 0 Å². The van der Waals surface area contributed by atoms with Crippen LogP contribution >= 0.6 is 0 Å². The summed E-state index contributed by atoms with van der Waals surface area (Å²) in [5.74, 6) is -0.321. The minimum Gasteiger partial charge on any atom is -0.361 e. The van der Waals surface area contributed by atoms with Gasteiger partial charge in [0, 0.05) is 24.8 Å². The molecule has 3 rings (SSSR count). The van der Waals surface area contributed by atoms with Gasteiger partial charge in [-0.15, -0.1) is 0 Å². The first-order chi connectivity index (χ1) is 13.0. The van der Waals surface area contributed by atoms with Gasteiger partial charge >= 0.3 is 0 Å². The van der Waals surface area contributed by atoms with E-state index in [4.69, 9.17) is 0 Å². The van der Waals surface area contributed by atoms with Crippen molar-refractivity contribution in [1.82, 2.24) is 15.4 Å².